The van der Waals surface area contributed by atoms with Crippen molar-refractivity contribution >= 4 is 11.8 Å². The highest BCUT2D eigenvalue weighted by molar-refractivity contribution is 5.87. The second-order valence-electron chi connectivity index (χ2n) is 23.4. The Hall–Kier alpha value is -1.72. The third-order valence-corrected chi connectivity index (χ3v) is 19.2. The molecule has 10 N–H and O–H groups in total. The van der Waals surface area contributed by atoms with Gasteiger partial charge < -0.3 is 79.5 Å². The quantitative estimate of drug-likeness (QED) is 0.114. The molecule has 8 aliphatic rings. The van der Waals surface area contributed by atoms with Gasteiger partial charge in [0.05, 0.1) is 25.4 Å². The Balaban J connectivity index is 1.08. The van der Waals surface area contributed by atoms with Crippen molar-refractivity contribution in [3.8, 4) is 0 Å². The Morgan fingerprint density at radius 3 is 1.98 bits per heavy atom. The molecule has 0 bridgehead atoms. The van der Waals surface area contributed by atoms with Gasteiger partial charge in [-0.3, -0.25) is 4.79 Å². The lowest BCUT2D eigenvalue weighted by atomic mass is 9.33. The Bertz CT molecular complexity index is 1860. The number of carboxylic acids is 1. The van der Waals surface area contributed by atoms with Gasteiger partial charge in [0.2, 0.25) is 0 Å². The van der Waals surface area contributed by atoms with E-state index in [-0.39, 0.29) is 51.4 Å². The minimum absolute atomic E-state index is 0.0830. The van der Waals surface area contributed by atoms with Gasteiger partial charge in [0.1, 0.15) is 66.8 Å². The molecule has 0 radical (unpaired) electrons. The van der Waals surface area contributed by atoms with Crippen LogP contribution in [0, 0.1) is 50.2 Å². The van der Waals surface area contributed by atoms with Gasteiger partial charge in [0, 0.05) is 17.3 Å². The molecule has 24 atom stereocenters. The third-order valence-electron chi connectivity index (χ3n) is 19.2. The Morgan fingerprint density at radius 2 is 1.35 bits per heavy atom. The molecule has 3 aliphatic heterocycles. The number of allylic oxidation sites excluding steroid dienone is 2. The van der Waals surface area contributed by atoms with Crippen molar-refractivity contribution in [2.24, 2.45) is 50.2 Å². The fourth-order valence-corrected chi connectivity index (χ4v) is 14.9. The Kier molecular flexibility index (Phi) is 13.5. The first-order chi connectivity index (χ1) is 30.7. The van der Waals surface area contributed by atoms with Crippen LogP contribution in [0.25, 0.3) is 0 Å². The van der Waals surface area contributed by atoms with Crippen LogP contribution in [0.4, 0.5) is 0 Å². The first-order valence-corrected chi connectivity index (χ1v) is 24.1. The van der Waals surface area contributed by atoms with E-state index in [9.17, 15) is 60.7 Å². The average molecular weight is 941 g/mol. The van der Waals surface area contributed by atoms with Gasteiger partial charge in [-0.25, -0.2) is 4.79 Å². The van der Waals surface area contributed by atoms with Crippen LogP contribution in [0.1, 0.15) is 113 Å². The topological polar surface area (TPSA) is 292 Å². The van der Waals surface area contributed by atoms with Crippen LogP contribution in [0.15, 0.2) is 11.6 Å². The lowest BCUT2D eigenvalue weighted by Gasteiger charge is -2.71. The van der Waals surface area contributed by atoms with Crippen LogP contribution >= 0.6 is 0 Å². The molecule has 18 nitrogen and oxygen atoms in total. The lowest BCUT2D eigenvalue weighted by molar-refractivity contribution is -0.396. The summed E-state index contributed by atoms with van der Waals surface area (Å²) in [5.74, 6) is -0.928. The molecule has 8 rings (SSSR count). The molecule has 0 aromatic carbocycles. The molecule has 0 spiro atoms. The van der Waals surface area contributed by atoms with Crippen molar-refractivity contribution in [3.63, 3.8) is 0 Å². The second-order valence-corrected chi connectivity index (χ2v) is 23.4. The maximum absolute atomic E-state index is 13.8. The molecule has 18 heteroatoms. The van der Waals surface area contributed by atoms with Gasteiger partial charge >= 0.3 is 5.97 Å². The molecule has 0 unspecified atom stereocenters. The molecule has 5 aliphatic carbocycles. The van der Waals surface area contributed by atoms with Crippen LogP contribution in [-0.2, 0) is 38.0 Å². The zero-order valence-electron chi connectivity index (χ0n) is 39.6. The zero-order chi connectivity index (χ0) is 48.4. The van der Waals surface area contributed by atoms with E-state index >= 15 is 0 Å². The highest BCUT2D eigenvalue weighted by Crippen LogP contribution is 2.75. The standard InChI is InChI=1S/C48H76O18/c1-21-29(52)31(54)35(58)40(61-21)65-37-32(55)30(53)24(19-49)62-41(37)66-38-34(57)33(56)36(39(59)60)64-42(38)63-28-12-13-45(5)25(46(28,6)20-50)11-14-48(8)26(45)10-9-22-23-17-43(2,3)18-27(51)44(23,4)15-16-47(22,48)7/h9,21,23-26,28-38,40-42,49-50,52-58H,10-20H2,1-8H3,(H,59,60)/t21-,23+,24+,25-,26+,28-,29-,30-,31+,32-,33-,34-,35+,36-,37+,38+,40-,41-,42+,44+,45-,46+,47+,48+/m0/s1. The van der Waals surface area contributed by atoms with Crippen molar-refractivity contribution in [1.82, 2.24) is 0 Å². The number of hydrogen-bond donors (Lipinski definition) is 10. The van der Waals surface area contributed by atoms with Gasteiger partial charge in [0.25, 0.3) is 0 Å². The van der Waals surface area contributed by atoms with Crippen molar-refractivity contribution in [3.05, 3.63) is 11.6 Å². The molecular weight excluding hydrogens is 865 g/mol. The molecular formula is C48H76O18. The monoisotopic (exact) mass is 941 g/mol. The van der Waals surface area contributed by atoms with E-state index in [0.717, 1.165) is 38.5 Å². The summed E-state index contributed by atoms with van der Waals surface area (Å²) in [5.41, 5.74) is -0.509. The van der Waals surface area contributed by atoms with Gasteiger partial charge in [-0.1, -0.05) is 60.1 Å². The summed E-state index contributed by atoms with van der Waals surface area (Å²) in [6.07, 6.45) is -17.8. The average Bonchev–Trinajstić information content (AvgIpc) is 3.25. The lowest BCUT2D eigenvalue weighted by Crippen LogP contribution is -2.68. The van der Waals surface area contributed by atoms with E-state index in [1.54, 1.807) is 0 Å². The number of aliphatic hydroxyl groups excluding tert-OH is 9. The smallest absolute Gasteiger partial charge is 0.335 e. The molecule has 0 aromatic rings. The fourth-order valence-electron chi connectivity index (χ4n) is 14.9. The first-order valence-electron chi connectivity index (χ1n) is 24.1. The fraction of sp³-hybridized carbons (Fsp3) is 0.917. The zero-order valence-corrected chi connectivity index (χ0v) is 39.6. The van der Waals surface area contributed by atoms with Crippen LogP contribution < -0.4 is 0 Å². The number of fused-ring (bicyclic) bond motifs is 7. The SMILES string of the molecule is C[C@@H]1O[C@@H](O[C@H]2[C@H](O[C@H]3[C@H](O[C@H]4CC[C@@]5(C)[C@H](CC[C@]6(C)[C@@H]5CC=C5[C@H]7CC(C)(C)CC(=O)[C@]7(C)CC[C@]56C)[C@@]4(C)CO)O[C@H](C(=O)O)[C@@H](O)[C@@H]3O)O[C@H](CO)[C@H](O)[C@@H]2O)[C@H](O)[C@H](O)[C@H]1O. The molecule has 0 amide bonds. The molecule has 7 fully saturated rings. The van der Waals surface area contributed by atoms with Crippen molar-refractivity contribution in [2.75, 3.05) is 13.2 Å². The summed E-state index contributed by atoms with van der Waals surface area (Å²) >= 11 is 0. The molecule has 3 saturated heterocycles. The van der Waals surface area contributed by atoms with Crippen molar-refractivity contribution in [1.29, 1.82) is 0 Å². The number of carboxylic acid groups (broad SMARTS) is 1. The number of aliphatic carboxylic acids is 1. The van der Waals surface area contributed by atoms with E-state index < -0.39 is 116 Å². The van der Waals surface area contributed by atoms with E-state index in [2.05, 4.69) is 47.6 Å². The minimum Gasteiger partial charge on any atom is -0.479 e. The summed E-state index contributed by atoms with van der Waals surface area (Å²) in [6.45, 7) is 16.0. The Morgan fingerprint density at radius 1 is 0.712 bits per heavy atom. The van der Waals surface area contributed by atoms with Crippen LogP contribution in [0.2, 0.25) is 0 Å². The van der Waals surface area contributed by atoms with E-state index in [4.69, 9.17) is 28.4 Å². The van der Waals surface area contributed by atoms with Crippen LogP contribution in [-0.4, -0.2) is 174 Å². The van der Waals surface area contributed by atoms with E-state index in [1.807, 2.05) is 6.92 Å². The molecule has 0 aromatic heterocycles. The second kappa shape index (κ2) is 17.5. The van der Waals surface area contributed by atoms with Gasteiger partial charge in [-0.05, 0) is 97.7 Å². The van der Waals surface area contributed by atoms with Crippen molar-refractivity contribution < 1.29 is 89.1 Å². The van der Waals surface area contributed by atoms with E-state index in [1.165, 1.54) is 12.5 Å². The number of rotatable bonds is 9. The maximum atomic E-state index is 13.8. The maximum Gasteiger partial charge on any atom is 0.335 e. The normalized spacial score (nSPS) is 54.8. The number of Topliss-reactive ketones (excluding diaryl/α,β-unsaturated/α-hetero) is 1. The summed E-state index contributed by atoms with van der Waals surface area (Å²) in [7, 11) is 0. The Labute approximate surface area is 386 Å². The predicted octanol–water partition coefficient (Wildman–Crippen LogP) is 0.913. The van der Waals surface area contributed by atoms with Crippen LogP contribution in [0.3, 0.4) is 0 Å². The highest BCUT2D eigenvalue weighted by Gasteiger charge is 2.70. The summed E-state index contributed by atoms with van der Waals surface area (Å²) in [5, 5.41) is 108. The van der Waals surface area contributed by atoms with Gasteiger partial charge in [0.15, 0.2) is 25.0 Å². The van der Waals surface area contributed by atoms with Gasteiger partial charge in [-0.15, -0.1) is 0 Å². The molecule has 66 heavy (non-hydrogen) atoms. The number of carbonyl (C=O) groups is 2. The van der Waals surface area contributed by atoms with E-state index in [0.29, 0.717) is 25.0 Å². The third kappa shape index (κ3) is 7.70. The number of aliphatic hydroxyl groups is 9. The summed E-state index contributed by atoms with van der Waals surface area (Å²) in [4.78, 5) is 26.3. The first kappa shape index (κ1) is 50.7. The molecule has 376 valence electrons. The number of ether oxygens (including phenoxy) is 6. The predicted molar refractivity (Wildman–Crippen MR) is 230 cm³/mol. The minimum atomic E-state index is -2.07. The van der Waals surface area contributed by atoms with Crippen LogP contribution in [0.5, 0.6) is 0 Å². The molecule has 4 saturated carbocycles. The van der Waals surface area contributed by atoms with Crippen molar-refractivity contribution in [2.45, 2.75) is 211 Å². The van der Waals surface area contributed by atoms with Gasteiger partial charge in [-0.2, -0.15) is 0 Å². The summed E-state index contributed by atoms with van der Waals surface area (Å²) < 4.78 is 36.2. The number of ketones is 1. The summed E-state index contributed by atoms with van der Waals surface area (Å²) in [6, 6.07) is 0. The molecule has 3 heterocycles. The number of hydrogen-bond acceptors (Lipinski definition) is 17. The highest BCUT2D eigenvalue weighted by atomic mass is 16.8. The number of carbonyl (C=O) groups excluding carboxylic acids is 1. The largest absolute Gasteiger partial charge is 0.479 e.